The second-order valence-corrected chi connectivity index (χ2v) is 3.53. The number of aryl methyl sites for hydroxylation is 1. The minimum Gasteiger partial charge on any atom is -0.494 e. The van der Waals surface area contributed by atoms with Gasteiger partial charge in [-0.2, -0.15) is 0 Å². The second kappa shape index (κ2) is 4.26. The van der Waals surface area contributed by atoms with E-state index in [0.717, 1.165) is 16.9 Å². The van der Waals surface area contributed by atoms with Crippen LogP contribution in [0.15, 0.2) is 28.8 Å². The van der Waals surface area contributed by atoms with Crippen LogP contribution in [-0.4, -0.2) is 11.8 Å². The van der Waals surface area contributed by atoms with E-state index in [1.54, 1.807) is 6.07 Å². The third-order valence-electron chi connectivity index (χ3n) is 2.30. The lowest BCUT2D eigenvalue weighted by Crippen LogP contribution is -1.92. The molecule has 0 saturated carbocycles. The quantitative estimate of drug-likeness (QED) is 0.860. The minimum atomic E-state index is 0.392. The molecular formula is C12H14N2O2. The van der Waals surface area contributed by atoms with E-state index >= 15 is 0 Å². The van der Waals surface area contributed by atoms with Gasteiger partial charge in [0.2, 0.25) is 0 Å². The zero-order valence-corrected chi connectivity index (χ0v) is 9.36. The number of hydrogen-bond acceptors (Lipinski definition) is 4. The fourth-order valence-corrected chi connectivity index (χ4v) is 1.58. The van der Waals surface area contributed by atoms with Crippen LogP contribution >= 0.6 is 0 Å². The molecule has 0 bridgehead atoms. The predicted octanol–water partition coefficient (Wildman–Crippen LogP) is 2.63. The monoisotopic (exact) mass is 218 g/mol. The van der Waals surface area contributed by atoms with Crippen LogP contribution in [-0.2, 0) is 0 Å². The molecule has 0 radical (unpaired) electrons. The van der Waals surface area contributed by atoms with Gasteiger partial charge in [-0.05, 0) is 37.6 Å². The molecule has 0 aliphatic carbocycles. The Hall–Kier alpha value is -1.97. The summed E-state index contributed by atoms with van der Waals surface area (Å²) in [5, 5.41) is 3.66. The molecule has 0 aliphatic heterocycles. The van der Waals surface area contributed by atoms with Crippen molar-refractivity contribution in [1.29, 1.82) is 0 Å². The number of nitrogens with two attached hydrogens (primary N) is 1. The van der Waals surface area contributed by atoms with Crippen LogP contribution in [0.3, 0.4) is 0 Å². The molecule has 16 heavy (non-hydrogen) atoms. The molecule has 0 unspecified atom stereocenters. The highest BCUT2D eigenvalue weighted by Crippen LogP contribution is 2.27. The lowest BCUT2D eigenvalue weighted by atomic mass is 10.1. The number of hydrogen-bond donors (Lipinski definition) is 1. The van der Waals surface area contributed by atoms with E-state index < -0.39 is 0 Å². The van der Waals surface area contributed by atoms with Crippen LogP contribution in [0.1, 0.15) is 12.5 Å². The lowest BCUT2D eigenvalue weighted by Gasteiger charge is -2.06. The summed E-state index contributed by atoms with van der Waals surface area (Å²) in [7, 11) is 0. The molecule has 0 saturated heterocycles. The van der Waals surface area contributed by atoms with Crippen molar-refractivity contribution in [2.75, 3.05) is 12.3 Å². The second-order valence-electron chi connectivity index (χ2n) is 3.53. The van der Waals surface area contributed by atoms with Gasteiger partial charge >= 0.3 is 0 Å². The Kier molecular flexibility index (Phi) is 2.81. The Morgan fingerprint density at radius 1 is 1.38 bits per heavy atom. The molecule has 84 valence electrons. The van der Waals surface area contributed by atoms with E-state index in [9.17, 15) is 0 Å². The number of aromatic nitrogens is 1. The number of nitrogen functional groups attached to an aromatic ring is 1. The fraction of sp³-hybridized carbons (Fsp3) is 0.250. The van der Waals surface area contributed by atoms with Gasteiger partial charge in [-0.15, -0.1) is 0 Å². The van der Waals surface area contributed by atoms with E-state index in [4.69, 9.17) is 15.0 Å². The highest BCUT2D eigenvalue weighted by Gasteiger charge is 2.08. The largest absolute Gasteiger partial charge is 0.494 e. The average molecular weight is 218 g/mol. The minimum absolute atomic E-state index is 0.392. The Morgan fingerprint density at radius 3 is 2.75 bits per heavy atom. The average Bonchev–Trinajstić information content (AvgIpc) is 2.65. The highest BCUT2D eigenvalue weighted by molar-refractivity contribution is 5.65. The zero-order valence-electron chi connectivity index (χ0n) is 9.36. The van der Waals surface area contributed by atoms with E-state index in [1.807, 2.05) is 32.0 Å². The first kappa shape index (κ1) is 10.5. The summed E-state index contributed by atoms with van der Waals surface area (Å²) < 4.78 is 10.5. The fourth-order valence-electron chi connectivity index (χ4n) is 1.58. The van der Waals surface area contributed by atoms with Gasteiger partial charge in [0.1, 0.15) is 5.75 Å². The first-order valence-corrected chi connectivity index (χ1v) is 5.16. The zero-order chi connectivity index (χ0) is 11.5. The molecular weight excluding hydrogens is 204 g/mol. The number of rotatable bonds is 3. The van der Waals surface area contributed by atoms with Gasteiger partial charge in [-0.1, -0.05) is 5.16 Å². The molecule has 0 atom stereocenters. The van der Waals surface area contributed by atoms with Gasteiger partial charge in [-0.3, -0.25) is 0 Å². The molecule has 2 N–H and O–H groups in total. The summed E-state index contributed by atoms with van der Waals surface area (Å²) >= 11 is 0. The highest BCUT2D eigenvalue weighted by atomic mass is 16.5. The van der Waals surface area contributed by atoms with E-state index in [0.29, 0.717) is 18.2 Å². The van der Waals surface area contributed by atoms with Crippen LogP contribution in [0.2, 0.25) is 0 Å². The van der Waals surface area contributed by atoms with Crippen LogP contribution in [0.4, 0.5) is 5.82 Å². The molecule has 4 heteroatoms. The molecule has 1 heterocycles. The van der Waals surface area contributed by atoms with Gasteiger partial charge in [0.25, 0.3) is 0 Å². The molecule has 2 aromatic rings. The van der Waals surface area contributed by atoms with Crippen LogP contribution in [0.5, 0.6) is 5.75 Å². The molecule has 2 rings (SSSR count). The number of benzene rings is 1. The Labute approximate surface area is 94.0 Å². The van der Waals surface area contributed by atoms with E-state index in [-0.39, 0.29) is 0 Å². The van der Waals surface area contributed by atoms with Crippen molar-refractivity contribution in [2.45, 2.75) is 13.8 Å². The van der Waals surface area contributed by atoms with Crippen LogP contribution < -0.4 is 10.5 Å². The predicted molar refractivity (Wildman–Crippen MR) is 62.3 cm³/mol. The first-order valence-electron chi connectivity index (χ1n) is 5.16. The Balaban J connectivity index is 2.36. The summed E-state index contributed by atoms with van der Waals surface area (Å²) in [6, 6.07) is 7.53. The standard InChI is InChI=1S/C12H14N2O2/c1-3-15-9-4-5-10(8(2)6-9)11-7-12(13)14-16-11/h4-7H,3H2,1-2H3,(H2,13,14). The molecule has 4 nitrogen and oxygen atoms in total. The number of anilines is 1. The van der Waals surface area contributed by atoms with Crippen molar-refractivity contribution >= 4 is 5.82 Å². The molecule has 1 aromatic heterocycles. The van der Waals surface area contributed by atoms with E-state index in [2.05, 4.69) is 5.16 Å². The van der Waals surface area contributed by atoms with Gasteiger partial charge in [0, 0.05) is 11.6 Å². The molecule has 0 spiro atoms. The molecule has 0 aliphatic rings. The van der Waals surface area contributed by atoms with Crippen LogP contribution in [0.25, 0.3) is 11.3 Å². The summed E-state index contributed by atoms with van der Waals surface area (Å²) in [5.41, 5.74) is 7.56. The smallest absolute Gasteiger partial charge is 0.169 e. The summed E-state index contributed by atoms with van der Waals surface area (Å²) in [6.45, 7) is 4.62. The van der Waals surface area contributed by atoms with Crippen molar-refractivity contribution in [3.8, 4) is 17.1 Å². The molecule has 0 amide bonds. The van der Waals surface area contributed by atoms with Crippen LogP contribution in [0, 0.1) is 6.92 Å². The Bertz CT molecular complexity index is 492. The van der Waals surface area contributed by atoms with Gasteiger partial charge < -0.3 is 15.0 Å². The summed E-state index contributed by atoms with van der Waals surface area (Å²) in [5.74, 6) is 1.93. The third kappa shape index (κ3) is 2.00. The van der Waals surface area contributed by atoms with Gasteiger partial charge in [0.05, 0.1) is 6.61 Å². The van der Waals surface area contributed by atoms with Gasteiger partial charge in [-0.25, -0.2) is 0 Å². The number of nitrogens with zero attached hydrogens (tertiary/aromatic N) is 1. The maximum Gasteiger partial charge on any atom is 0.169 e. The topological polar surface area (TPSA) is 61.3 Å². The maximum absolute atomic E-state index is 5.51. The van der Waals surface area contributed by atoms with Gasteiger partial charge in [0.15, 0.2) is 11.6 Å². The van der Waals surface area contributed by atoms with Crippen molar-refractivity contribution < 1.29 is 9.26 Å². The van der Waals surface area contributed by atoms with Crippen molar-refractivity contribution in [1.82, 2.24) is 5.16 Å². The third-order valence-corrected chi connectivity index (χ3v) is 2.30. The van der Waals surface area contributed by atoms with E-state index in [1.165, 1.54) is 0 Å². The van der Waals surface area contributed by atoms with Crippen molar-refractivity contribution in [3.63, 3.8) is 0 Å². The maximum atomic E-state index is 5.51. The van der Waals surface area contributed by atoms with Crippen molar-refractivity contribution in [2.24, 2.45) is 0 Å². The first-order chi connectivity index (χ1) is 7.70. The summed E-state index contributed by atoms with van der Waals surface area (Å²) in [4.78, 5) is 0. The normalized spacial score (nSPS) is 10.4. The Morgan fingerprint density at radius 2 is 2.19 bits per heavy atom. The van der Waals surface area contributed by atoms with Crippen molar-refractivity contribution in [3.05, 3.63) is 29.8 Å². The molecule has 0 fully saturated rings. The molecule has 1 aromatic carbocycles. The number of ether oxygens (including phenoxy) is 1. The summed E-state index contributed by atoms with van der Waals surface area (Å²) in [6.07, 6.45) is 0. The lowest BCUT2D eigenvalue weighted by molar-refractivity contribution is 0.340. The SMILES string of the molecule is CCOc1ccc(-c2cc(N)no2)c(C)c1.